The molecular weight excluding hydrogens is 286 g/mol. The van der Waals surface area contributed by atoms with Crippen LogP contribution in [-0.4, -0.2) is 22.9 Å². The molecule has 1 aliphatic heterocycles. The van der Waals surface area contributed by atoms with Crippen molar-refractivity contribution in [3.05, 3.63) is 46.7 Å². The molecule has 0 saturated carbocycles. The van der Waals surface area contributed by atoms with Gasteiger partial charge in [-0.15, -0.1) is 0 Å². The largest absolute Gasteiger partial charge is 0.493 e. The molecule has 0 aliphatic carbocycles. The number of hydrogen-bond acceptors (Lipinski definition) is 3. The van der Waals surface area contributed by atoms with Gasteiger partial charge in [-0.05, 0) is 19.5 Å². The van der Waals surface area contributed by atoms with Gasteiger partial charge in [0.1, 0.15) is 5.75 Å². The zero-order chi connectivity index (χ0) is 14.8. The molecule has 0 fully saturated rings. The molecule has 1 aliphatic rings. The van der Waals surface area contributed by atoms with Crippen LogP contribution in [-0.2, 0) is 6.54 Å². The van der Waals surface area contributed by atoms with Crippen LogP contribution in [0.5, 0.6) is 5.75 Å². The molecular formula is C16H20ClN3O. The van der Waals surface area contributed by atoms with Crippen LogP contribution in [0.1, 0.15) is 37.1 Å². The quantitative estimate of drug-likeness (QED) is 0.920. The zero-order valence-corrected chi connectivity index (χ0v) is 13.1. The third kappa shape index (κ3) is 2.54. The fraction of sp³-hybridized carbons (Fsp3) is 0.438. The van der Waals surface area contributed by atoms with Crippen molar-refractivity contribution in [2.75, 3.05) is 13.2 Å². The van der Waals surface area contributed by atoms with Gasteiger partial charge in [0, 0.05) is 18.0 Å². The van der Waals surface area contributed by atoms with Gasteiger partial charge in [0.05, 0.1) is 29.6 Å². The Kier molecular flexibility index (Phi) is 4.17. The lowest BCUT2D eigenvalue weighted by molar-refractivity contribution is 0.295. The van der Waals surface area contributed by atoms with Crippen LogP contribution in [0.3, 0.4) is 0 Å². The van der Waals surface area contributed by atoms with Crippen molar-refractivity contribution in [3.8, 4) is 5.75 Å². The molecule has 4 nitrogen and oxygen atoms in total. The Bertz CT molecular complexity index is 626. The number of likely N-dealkylation sites (N-methyl/N-ethyl adjacent to an activating group) is 1. The molecule has 5 heteroatoms. The van der Waals surface area contributed by atoms with Gasteiger partial charge < -0.3 is 10.1 Å². The smallest absolute Gasteiger partial charge is 0.122 e. The Hall–Kier alpha value is -1.52. The molecule has 2 heterocycles. The van der Waals surface area contributed by atoms with Crippen LogP contribution < -0.4 is 10.1 Å². The molecule has 2 unspecified atom stereocenters. The van der Waals surface area contributed by atoms with E-state index in [1.807, 2.05) is 16.8 Å². The normalized spacial score (nSPS) is 18.3. The summed E-state index contributed by atoms with van der Waals surface area (Å²) in [5.74, 6) is 1.23. The lowest BCUT2D eigenvalue weighted by atomic mass is 9.91. The van der Waals surface area contributed by atoms with E-state index in [4.69, 9.17) is 16.3 Å². The second-order valence-electron chi connectivity index (χ2n) is 5.18. The lowest BCUT2D eigenvalue weighted by Gasteiger charge is -2.25. The number of benzene rings is 1. The summed E-state index contributed by atoms with van der Waals surface area (Å²) in [6.07, 6.45) is 1.73. The van der Waals surface area contributed by atoms with Crippen LogP contribution >= 0.6 is 11.6 Å². The number of nitrogens with one attached hydrogen (secondary N) is 1. The molecule has 0 amide bonds. The second kappa shape index (κ2) is 6.08. The number of para-hydroxylation sites is 1. The number of hydrogen-bond donors (Lipinski definition) is 1. The monoisotopic (exact) mass is 305 g/mol. The summed E-state index contributed by atoms with van der Waals surface area (Å²) in [5.41, 5.74) is 2.29. The van der Waals surface area contributed by atoms with Crippen LogP contribution in [0, 0.1) is 0 Å². The highest BCUT2D eigenvalue weighted by Gasteiger charge is 2.34. The summed E-state index contributed by atoms with van der Waals surface area (Å²) in [5, 5.41) is 8.64. The number of aromatic nitrogens is 2. The molecule has 21 heavy (non-hydrogen) atoms. The van der Waals surface area contributed by atoms with Gasteiger partial charge in [-0.3, -0.25) is 4.68 Å². The maximum absolute atomic E-state index is 6.40. The first-order valence-corrected chi connectivity index (χ1v) is 7.80. The van der Waals surface area contributed by atoms with Gasteiger partial charge in [0.2, 0.25) is 0 Å². The van der Waals surface area contributed by atoms with Gasteiger partial charge in [-0.25, -0.2) is 0 Å². The minimum Gasteiger partial charge on any atom is -0.493 e. The zero-order valence-electron chi connectivity index (χ0n) is 12.3. The molecule has 1 N–H and O–H groups in total. The minimum atomic E-state index is 0.105. The molecule has 1 aromatic heterocycles. The predicted molar refractivity (Wildman–Crippen MR) is 84.0 cm³/mol. The number of aryl methyl sites for hydroxylation is 1. The second-order valence-corrected chi connectivity index (χ2v) is 5.59. The van der Waals surface area contributed by atoms with E-state index in [0.29, 0.717) is 11.6 Å². The summed E-state index contributed by atoms with van der Waals surface area (Å²) < 4.78 is 7.81. The maximum Gasteiger partial charge on any atom is 0.122 e. The molecule has 1 aromatic carbocycles. The van der Waals surface area contributed by atoms with Crippen molar-refractivity contribution in [2.24, 2.45) is 0 Å². The summed E-state index contributed by atoms with van der Waals surface area (Å²) in [7, 11) is 0. The molecule has 0 bridgehead atoms. The van der Waals surface area contributed by atoms with Crippen molar-refractivity contribution in [1.29, 1.82) is 0 Å². The Morgan fingerprint density at radius 1 is 1.43 bits per heavy atom. The first-order valence-electron chi connectivity index (χ1n) is 7.42. The van der Waals surface area contributed by atoms with Crippen molar-refractivity contribution in [1.82, 2.24) is 15.1 Å². The van der Waals surface area contributed by atoms with Gasteiger partial charge in [0.25, 0.3) is 0 Å². The topological polar surface area (TPSA) is 39.1 Å². The van der Waals surface area contributed by atoms with E-state index < -0.39 is 0 Å². The summed E-state index contributed by atoms with van der Waals surface area (Å²) in [6.45, 7) is 6.53. The highest BCUT2D eigenvalue weighted by Crippen LogP contribution is 2.42. The fourth-order valence-corrected chi connectivity index (χ4v) is 3.30. The molecule has 0 spiro atoms. The van der Waals surface area contributed by atoms with Crippen LogP contribution in [0.25, 0.3) is 0 Å². The molecule has 2 atom stereocenters. The average Bonchev–Trinajstić information content (AvgIpc) is 3.09. The molecule has 0 saturated heterocycles. The Morgan fingerprint density at radius 3 is 3.00 bits per heavy atom. The van der Waals surface area contributed by atoms with Gasteiger partial charge in [0.15, 0.2) is 0 Å². The van der Waals surface area contributed by atoms with E-state index >= 15 is 0 Å². The Morgan fingerprint density at radius 2 is 2.24 bits per heavy atom. The van der Waals surface area contributed by atoms with Crippen LogP contribution in [0.15, 0.2) is 30.5 Å². The van der Waals surface area contributed by atoms with Crippen molar-refractivity contribution < 1.29 is 4.74 Å². The van der Waals surface area contributed by atoms with Crippen molar-refractivity contribution in [2.45, 2.75) is 32.4 Å². The molecule has 3 rings (SSSR count). The van der Waals surface area contributed by atoms with E-state index in [0.717, 1.165) is 24.5 Å². The Balaban J connectivity index is 2.01. The van der Waals surface area contributed by atoms with Gasteiger partial charge >= 0.3 is 0 Å². The summed E-state index contributed by atoms with van der Waals surface area (Å²) in [4.78, 5) is 0. The standard InChI is InChI=1S/C16H20ClN3O/c1-3-18-15(16-13(17)9-19-20(16)4-2)12-10-21-14-8-6-5-7-11(12)14/h5-9,12,15,18H,3-4,10H2,1-2H3. The lowest BCUT2D eigenvalue weighted by Crippen LogP contribution is -2.30. The summed E-state index contributed by atoms with van der Waals surface area (Å²) >= 11 is 6.40. The third-order valence-electron chi connectivity index (χ3n) is 3.99. The molecule has 0 radical (unpaired) electrons. The first-order chi connectivity index (χ1) is 10.3. The average molecular weight is 306 g/mol. The minimum absolute atomic E-state index is 0.105. The highest BCUT2D eigenvalue weighted by molar-refractivity contribution is 6.31. The highest BCUT2D eigenvalue weighted by atomic mass is 35.5. The summed E-state index contributed by atoms with van der Waals surface area (Å²) in [6, 6.07) is 8.33. The molecule has 112 valence electrons. The van der Waals surface area contributed by atoms with E-state index in [9.17, 15) is 0 Å². The van der Waals surface area contributed by atoms with E-state index in [-0.39, 0.29) is 12.0 Å². The predicted octanol–water partition coefficient (Wildman–Crippen LogP) is 3.38. The van der Waals surface area contributed by atoms with Gasteiger partial charge in [-0.1, -0.05) is 36.7 Å². The number of halogens is 1. The van der Waals surface area contributed by atoms with E-state index in [2.05, 4.69) is 36.4 Å². The first kappa shape index (κ1) is 14.4. The Labute approximate surface area is 130 Å². The number of ether oxygens (including phenoxy) is 1. The fourth-order valence-electron chi connectivity index (χ4n) is 3.05. The third-order valence-corrected chi connectivity index (χ3v) is 4.28. The van der Waals surface area contributed by atoms with Crippen molar-refractivity contribution in [3.63, 3.8) is 0 Å². The number of fused-ring (bicyclic) bond motifs is 1. The van der Waals surface area contributed by atoms with Gasteiger partial charge in [-0.2, -0.15) is 5.10 Å². The number of rotatable bonds is 5. The van der Waals surface area contributed by atoms with E-state index in [1.165, 1.54) is 5.56 Å². The van der Waals surface area contributed by atoms with Crippen LogP contribution in [0.4, 0.5) is 0 Å². The molecule has 2 aromatic rings. The number of nitrogens with zero attached hydrogens (tertiary/aromatic N) is 2. The van der Waals surface area contributed by atoms with Crippen LogP contribution in [0.2, 0.25) is 5.02 Å². The van der Waals surface area contributed by atoms with E-state index in [1.54, 1.807) is 6.20 Å². The SMILES string of the molecule is CCNC(c1c(Cl)cnn1CC)C1COc2ccccc21. The van der Waals surface area contributed by atoms with Crippen molar-refractivity contribution >= 4 is 11.6 Å². The maximum atomic E-state index is 6.40.